The lowest BCUT2D eigenvalue weighted by atomic mass is 9.52. The summed E-state index contributed by atoms with van der Waals surface area (Å²) in [5.41, 5.74) is 4.37. The molecule has 0 amide bonds. The summed E-state index contributed by atoms with van der Waals surface area (Å²) < 4.78 is 25.9. The minimum Gasteiger partial charge on any atom is -0.357 e. The second-order valence-electron chi connectivity index (χ2n) is 16.7. The van der Waals surface area contributed by atoms with E-state index < -0.39 is 10.1 Å². The molecule has 2 N–H and O–H groups in total. The van der Waals surface area contributed by atoms with Crippen LogP contribution in [0.3, 0.4) is 0 Å². The first-order chi connectivity index (χ1) is 24.2. The molecular formula is C39H56N6O5S. The molecular weight excluding hydrogens is 665 g/mol. The number of rotatable bonds is 5. The van der Waals surface area contributed by atoms with Gasteiger partial charge in [-0.3, -0.25) is 14.1 Å². The Bertz CT molecular complexity index is 1720. The van der Waals surface area contributed by atoms with E-state index in [0.29, 0.717) is 29.8 Å². The molecule has 4 heterocycles. The van der Waals surface area contributed by atoms with E-state index in [9.17, 15) is 18.0 Å². The minimum atomic E-state index is -3.67. The number of nitrogens with zero attached hydrogens (tertiary/aromatic N) is 5. The van der Waals surface area contributed by atoms with Crippen molar-refractivity contribution in [3.8, 4) is 0 Å². The lowest BCUT2D eigenvalue weighted by Crippen LogP contribution is -2.49. The maximum Gasteiger partial charge on any atom is 0.261 e. The fourth-order valence-corrected chi connectivity index (χ4v) is 11.1. The maximum atomic E-state index is 14.1. The van der Waals surface area contributed by atoms with Gasteiger partial charge in [0.15, 0.2) is 0 Å². The van der Waals surface area contributed by atoms with E-state index in [2.05, 4.69) is 59.0 Å². The molecule has 2 saturated carbocycles. The highest BCUT2D eigenvalue weighted by Crippen LogP contribution is 2.65. The van der Waals surface area contributed by atoms with E-state index in [1.54, 1.807) is 0 Å². The molecule has 1 aromatic heterocycles. The second-order valence-corrected chi connectivity index (χ2v) is 18.1. The normalized spacial score (nSPS) is 34.9. The standard InChI is InChI=1S/C38H52N6O2.CH4O3S/c1-24-19-29-27-10-9-26-20-33(46)31(22-38(26,4)28(27)11-12-37(29,3)35(24)25(2)45)44-18-13-39-23-32(44)30-21-34(42-14-5-6-15-42)41-36(40-30)43-16-7-8-17-43;1-5(2,3)4/h11,20-22,24,27,29,32,35,39H,5-10,12-19,23H2,1-4H3;1H3,(H,2,3,4)/t24-,27-,29+,32?,35-,37+,38+;/m1./s1. The predicted octanol–water partition coefficient (Wildman–Crippen LogP) is 5.13. The number of hydrogen-bond acceptors (Lipinski definition) is 10. The molecule has 0 bridgehead atoms. The van der Waals surface area contributed by atoms with Crippen LogP contribution in [0.5, 0.6) is 0 Å². The highest BCUT2D eigenvalue weighted by molar-refractivity contribution is 7.85. The van der Waals surface area contributed by atoms with Crippen molar-refractivity contribution in [2.75, 3.05) is 61.9 Å². The number of piperazine rings is 1. The number of carbonyl (C=O) groups is 2. The Hall–Kier alpha value is -3.09. The molecule has 0 spiro atoms. The van der Waals surface area contributed by atoms with Crippen molar-refractivity contribution >= 4 is 33.5 Å². The largest absolute Gasteiger partial charge is 0.357 e. The number of allylic oxidation sites excluding steroid dienone is 5. The third-order valence-electron chi connectivity index (χ3n) is 13.2. The van der Waals surface area contributed by atoms with Gasteiger partial charge in [-0.25, -0.2) is 4.98 Å². The zero-order chi connectivity index (χ0) is 36.3. The van der Waals surface area contributed by atoms with Crippen LogP contribution in [0.2, 0.25) is 0 Å². The molecule has 7 aliphatic rings. The van der Waals surface area contributed by atoms with Crippen molar-refractivity contribution in [1.29, 1.82) is 0 Å². The van der Waals surface area contributed by atoms with Crippen molar-refractivity contribution < 1.29 is 22.6 Å². The summed E-state index contributed by atoms with van der Waals surface area (Å²) in [5, 5.41) is 3.63. The first-order valence-electron chi connectivity index (χ1n) is 19.2. The van der Waals surface area contributed by atoms with Crippen LogP contribution in [0.25, 0.3) is 0 Å². The number of ketones is 2. The third kappa shape index (κ3) is 6.81. The number of nitrogens with one attached hydrogen (secondary N) is 1. The molecule has 0 radical (unpaired) electrons. The highest BCUT2D eigenvalue weighted by atomic mass is 32.2. The fourth-order valence-electron chi connectivity index (χ4n) is 11.1. The molecule has 5 fully saturated rings. The van der Waals surface area contributed by atoms with Crippen LogP contribution in [0.1, 0.15) is 90.8 Å². The third-order valence-corrected chi connectivity index (χ3v) is 13.2. The molecule has 1 unspecified atom stereocenters. The van der Waals surface area contributed by atoms with Crippen molar-refractivity contribution in [3.63, 3.8) is 0 Å². The maximum absolute atomic E-state index is 14.1. The first-order valence-corrected chi connectivity index (χ1v) is 21.0. The number of aromatic nitrogens is 2. The van der Waals surface area contributed by atoms with E-state index in [-0.39, 0.29) is 28.6 Å². The number of hydrogen-bond donors (Lipinski definition) is 2. The van der Waals surface area contributed by atoms with E-state index in [1.807, 2.05) is 13.0 Å². The fraction of sp³-hybridized carbons (Fsp3) is 0.692. The average Bonchev–Trinajstić information content (AvgIpc) is 3.85. The number of fused-ring (bicyclic) bond motifs is 5. The van der Waals surface area contributed by atoms with Gasteiger partial charge in [0.1, 0.15) is 11.6 Å². The first kappa shape index (κ1) is 36.3. The zero-order valence-electron chi connectivity index (χ0n) is 31.0. The predicted molar refractivity (Wildman–Crippen MR) is 199 cm³/mol. The Morgan fingerprint density at radius 3 is 2.37 bits per heavy atom. The summed E-state index contributed by atoms with van der Waals surface area (Å²) >= 11 is 0. The van der Waals surface area contributed by atoms with Gasteiger partial charge in [-0.05, 0) is 101 Å². The van der Waals surface area contributed by atoms with Crippen molar-refractivity contribution in [2.45, 2.75) is 85.1 Å². The topological polar surface area (TPSA) is 136 Å². The van der Waals surface area contributed by atoms with Crippen LogP contribution < -0.4 is 15.1 Å². The van der Waals surface area contributed by atoms with Crippen molar-refractivity contribution in [2.24, 2.45) is 34.5 Å². The zero-order valence-corrected chi connectivity index (χ0v) is 31.8. The van der Waals surface area contributed by atoms with Gasteiger partial charge in [-0.2, -0.15) is 13.4 Å². The molecule has 0 aromatic carbocycles. The Balaban J connectivity index is 0.000000761. The lowest BCUT2D eigenvalue weighted by molar-refractivity contribution is -0.126. The van der Waals surface area contributed by atoms with Gasteiger partial charge < -0.3 is 20.0 Å². The summed E-state index contributed by atoms with van der Waals surface area (Å²) in [5.74, 6) is 3.93. The molecule has 7 atom stereocenters. The van der Waals surface area contributed by atoms with Gasteiger partial charge in [0.05, 0.1) is 23.7 Å². The molecule has 3 saturated heterocycles. The van der Waals surface area contributed by atoms with Crippen LogP contribution in [0, 0.1) is 34.5 Å². The Morgan fingerprint density at radius 2 is 1.71 bits per heavy atom. The minimum absolute atomic E-state index is 0.0325. The van der Waals surface area contributed by atoms with E-state index in [4.69, 9.17) is 14.5 Å². The summed E-state index contributed by atoms with van der Waals surface area (Å²) in [4.78, 5) is 44.4. The summed E-state index contributed by atoms with van der Waals surface area (Å²) in [6.07, 6.45) is 16.4. The molecule has 4 aliphatic carbocycles. The van der Waals surface area contributed by atoms with Gasteiger partial charge in [0.2, 0.25) is 11.7 Å². The summed E-state index contributed by atoms with van der Waals surface area (Å²) in [6, 6.07) is 2.17. The smallest absolute Gasteiger partial charge is 0.261 e. The van der Waals surface area contributed by atoms with Gasteiger partial charge in [-0.15, -0.1) is 0 Å². The van der Waals surface area contributed by atoms with Crippen LogP contribution in [-0.2, 0) is 19.7 Å². The molecule has 12 heteroatoms. The SMILES string of the molecule is CC(=O)[C@H]1[C@H](C)C[C@H]2[C@@H]3CCC4=CC(=O)C(N5CCNCC5c5cc(N6CCCC6)nc(N6CCCC6)n5)=C[C@]4(C)C3=CC[C@@]21C.CS(=O)(=O)O. The van der Waals surface area contributed by atoms with Gasteiger partial charge in [-0.1, -0.05) is 31.1 Å². The monoisotopic (exact) mass is 720 g/mol. The Kier molecular flexibility index (Phi) is 9.75. The Labute approximate surface area is 303 Å². The second kappa shape index (κ2) is 13.7. The van der Waals surface area contributed by atoms with Gasteiger partial charge in [0.25, 0.3) is 10.1 Å². The molecule has 11 nitrogen and oxygen atoms in total. The molecule has 8 rings (SSSR count). The quantitative estimate of drug-likeness (QED) is 0.310. The molecule has 278 valence electrons. The van der Waals surface area contributed by atoms with E-state index in [1.165, 1.54) is 36.8 Å². The van der Waals surface area contributed by atoms with Crippen molar-refractivity contribution in [3.05, 3.63) is 46.8 Å². The number of anilines is 2. The average molecular weight is 721 g/mol. The molecule has 1 aromatic rings. The van der Waals surface area contributed by atoms with Crippen LogP contribution >= 0.6 is 0 Å². The highest BCUT2D eigenvalue weighted by Gasteiger charge is 2.59. The lowest BCUT2D eigenvalue weighted by Gasteiger charge is -2.53. The van der Waals surface area contributed by atoms with Gasteiger partial charge >= 0.3 is 0 Å². The Morgan fingerprint density at radius 1 is 1.04 bits per heavy atom. The van der Waals surface area contributed by atoms with Crippen molar-refractivity contribution in [1.82, 2.24) is 20.2 Å². The van der Waals surface area contributed by atoms with E-state index in [0.717, 1.165) is 94.7 Å². The summed E-state index contributed by atoms with van der Waals surface area (Å²) in [6.45, 7) is 15.3. The van der Waals surface area contributed by atoms with Crippen LogP contribution in [-0.4, -0.2) is 91.5 Å². The molecule has 51 heavy (non-hydrogen) atoms. The van der Waals surface area contributed by atoms with Crippen LogP contribution in [0.4, 0.5) is 11.8 Å². The van der Waals surface area contributed by atoms with E-state index >= 15 is 0 Å². The summed E-state index contributed by atoms with van der Waals surface area (Å²) in [7, 11) is -3.67. The van der Waals surface area contributed by atoms with Crippen LogP contribution in [0.15, 0.2) is 41.1 Å². The number of carbonyl (C=O) groups excluding carboxylic acids is 2. The molecule has 3 aliphatic heterocycles. The van der Waals surface area contributed by atoms with Gasteiger partial charge in [0, 0.05) is 63.2 Å². The number of Topliss-reactive ketones (excluding diaryl/α,β-unsaturated/α-hetero) is 1.